The zero-order valence-corrected chi connectivity index (χ0v) is 14.8. The largest absolute Gasteiger partial charge is 0.347 e. The number of hydrogen-bond donors (Lipinski definition) is 1. The third-order valence-corrected chi connectivity index (χ3v) is 6.36. The SMILES string of the molecule is O=C(NCc1ccccc1CN1CCCC1)c1cc2c(s1)CCC2. The van der Waals surface area contributed by atoms with Crippen molar-refractivity contribution in [2.24, 2.45) is 0 Å². The molecule has 0 atom stereocenters. The topological polar surface area (TPSA) is 32.3 Å². The Hall–Kier alpha value is -1.65. The Balaban J connectivity index is 1.40. The molecule has 1 aromatic carbocycles. The molecule has 1 amide bonds. The van der Waals surface area contributed by atoms with Gasteiger partial charge < -0.3 is 5.32 Å². The lowest BCUT2D eigenvalue weighted by Crippen LogP contribution is -2.24. The quantitative estimate of drug-likeness (QED) is 0.899. The minimum atomic E-state index is 0.0744. The maximum absolute atomic E-state index is 12.5. The minimum Gasteiger partial charge on any atom is -0.347 e. The Bertz CT molecular complexity index is 709. The Morgan fingerprint density at radius 1 is 1.08 bits per heavy atom. The fourth-order valence-corrected chi connectivity index (χ4v) is 4.94. The van der Waals surface area contributed by atoms with Crippen molar-refractivity contribution >= 4 is 17.2 Å². The minimum absolute atomic E-state index is 0.0744. The first-order chi connectivity index (χ1) is 11.8. The molecule has 1 fully saturated rings. The fraction of sp³-hybridized carbons (Fsp3) is 0.450. The molecule has 1 aliphatic heterocycles. The van der Waals surface area contributed by atoms with Gasteiger partial charge in [0.25, 0.3) is 5.91 Å². The number of nitrogens with one attached hydrogen (secondary N) is 1. The molecule has 2 aliphatic rings. The Morgan fingerprint density at radius 3 is 2.67 bits per heavy atom. The van der Waals surface area contributed by atoms with E-state index in [1.54, 1.807) is 11.3 Å². The smallest absolute Gasteiger partial charge is 0.261 e. The van der Waals surface area contributed by atoms with Gasteiger partial charge in [-0.3, -0.25) is 9.69 Å². The first kappa shape index (κ1) is 15.9. The normalized spacial score (nSPS) is 17.2. The lowest BCUT2D eigenvalue weighted by molar-refractivity contribution is 0.0954. The van der Waals surface area contributed by atoms with Crippen LogP contribution >= 0.6 is 11.3 Å². The third-order valence-electron chi connectivity index (χ3n) is 5.12. The van der Waals surface area contributed by atoms with Crippen LogP contribution < -0.4 is 5.32 Å². The highest BCUT2D eigenvalue weighted by molar-refractivity contribution is 7.14. The van der Waals surface area contributed by atoms with Gasteiger partial charge in [0.15, 0.2) is 0 Å². The molecule has 1 aromatic heterocycles. The molecule has 1 saturated heterocycles. The molecule has 0 spiro atoms. The number of amides is 1. The van der Waals surface area contributed by atoms with Gasteiger partial charge in [0.2, 0.25) is 0 Å². The maximum atomic E-state index is 12.5. The van der Waals surface area contributed by atoms with Gasteiger partial charge in [-0.25, -0.2) is 0 Å². The van der Waals surface area contributed by atoms with Crippen LogP contribution in [0.5, 0.6) is 0 Å². The van der Waals surface area contributed by atoms with Gasteiger partial charge in [-0.05, 0) is 68.0 Å². The zero-order valence-electron chi connectivity index (χ0n) is 14.0. The van der Waals surface area contributed by atoms with Crippen LogP contribution in [0.2, 0.25) is 0 Å². The second kappa shape index (κ2) is 7.08. The summed E-state index contributed by atoms with van der Waals surface area (Å²) < 4.78 is 0. The molecule has 2 heterocycles. The number of rotatable bonds is 5. The van der Waals surface area contributed by atoms with Crippen molar-refractivity contribution in [1.29, 1.82) is 0 Å². The summed E-state index contributed by atoms with van der Waals surface area (Å²) in [7, 11) is 0. The van der Waals surface area contributed by atoms with Crippen LogP contribution in [0.25, 0.3) is 0 Å². The average Bonchev–Trinajstić information content (AvgIpc) is 3.30. The highest BCUT2D eigenvalue weighted by atomic mass is 32.1. The van der Waals surface area contributed by atoms with E-state index in [9.17, 15) is 4.79 Å². The molecule has 0 bridgehead atoms. The molecular formula is C20H24N2OS. The molecular weight excluding hydrogens is 316 g/mol. The summed E-state index contributed by atoms with van der Waals surface area (Å²) >= 11 is 1.68. The van der Waals surface area contributed by atoms with Crippen LogP contribution in [0.4, 0.5) is 0 Å². The Kier molecular flexibility index (Phi) is 4.67. The molecule has 4 rings (SSSR count). The first-order valence-electron chi connectivity index (χ1n) is 8.98. The van der Waals surface area contributed by atoms with Crippen molar-refractivity contribution in [3.8, 4) is 0 Å². The monoisotopic (exact) mass is 340 g/mol. The summed E-state index contributed by atoms with van der Waals surface area (Å²) in [5.74, 6) is 0.0744. The molecule has 1 aliphatic carbocycles. The van der Waals surface area contributed by atoms with Crippen molar-refractivity contribution in [3.05, 3.63) is 56.8 Å². The molecule has 0 radical (unpaired) electrons. The van der Waals surface area contributed by atoms with Crippen LogP contribution in [-0.4, -0.2) is 23.9 Å². The van der Waals surface area contributed by atoms with Gasteiger partial charge in [-0.2, -0.15) is 0 Å². The number of thiophene rings is 1. The van der Waals surface area contributed by atoms with Gasteiger partial charge in [0.1, 0.15) is 0 Å². The van der Waals surface area contributed by atoms with Crippen LogP contribution in [0.1, 0.15) is 50.5 Å². The second-order valence-electron chi connectivity index (χ2n) is 6.85. The maximum Gasteiger partial charge on any atom is 0.261 e. The summed E-state index contributed by atoms with van der Waals surface area (Å²) in [5.41, 5.74) is 3.97. The molecule has 3 nitrogen and oxygen atoms in total. The first-order valence-corrected chi connectivity index (χ1v) is 9.80. The van der Waals surface area contributed by atoms with E-state index in [1.165, 1.54) is 53.9 Å². The van der Waals surface area contributed by atoms with E-state index in [0.717, 1.165) is 24.3 Å². The van der Waals surface area contributed by atoms with Gasteiger partial charge in [0, 0.05) is 18.0 Å². The number of carbonyl (C=O) groups excluding carboxylic acids is 1. The van der Waals surface area contributed by atoms with Gasteiger partial charge in [0.05, 0.1) is 4.88 Å². The van der Waals surface area contributed by atoms with Crippen molar-refractivity contribution in [3.63, 3.8) is 0 Å². The predicted molar refractivity (Wildman–Crippen MR) is 98.5 cm³/mol. The molecule has 4 heteroatoms. The van der Waals surface area contributed by atoms with E-state index in [1.807, 2.05) is 0 Å². The van der Waals surface area contributed by atoms with Crippen LogP contribution in [0.3, 0.4) is 0 Å². The second-order valence-corrected chi connectivity index (χ2v) is 7.98. The highest BCUT2D eigenvalue weighted by Crippen LogP contribution is 2.30. The zero-order chi connectivity index (χ0) is 16.4. The van der Waals surface area contributed by atoms with Crippen molar-refractivity contribution in [2.45, 2.75) is 45.2 Å². The lowest BCUT2D eigenvalue weighted by atomic mass is 10.1. The standard InChI is InChI=1S/C20H24N2OS/c23-20(19-12-15-8-5-9-18(15)24-19)21-13-16-6-1-2-7-17(16)14-22-10-3-4-11-22/h1-2,6-7,12H,3-5,8-11,13-14H2,(H,21,23). The summed E-state index contributed by atoms with van der Waals surface area (Å²) in [4.78, 5) is 17.3. The predicted octanol–water partition coefficient (Wildman–Crippen LogP) is 3.76. The molecule has 1 N–H and O–H groups in total. The summed E-state index contributed by atoms with van der Waals surface area (Å²) in [6.07, 6.45) is 6.14. The molecule has 2 aromatic rings. The van der Waals surface area contributed by atoms with Gasteiger partial charge >= 0.3 is 0 Å². The number of benzene rings is 1. The third kappa shape index (κ3) is 3.40. The van der Waals surface area contributed by atoms with E-state index in [4.69, 9.17) is 0 Å². The number of aryl methyl sites for hydroxylation is 2. The number of fused-ring (bicyclic) bond motifs is 1. The van der Waals surface area contributed by atoms with Crippen LogP contribution in [0.15, 0.2) is 30.3 Å². The van der Waals surface area contributed by atoms with Gasteiger partial charge in [-0.15, -0.1) is 11.3 Å². The Labute approximate surface area is 147 Å². The van der Waals surface area contributed by atoms with Crippen molar-refractivity contribution in [2.75, 3.05) is 13.1 Å². The molecule has 0 unspecified atom stereocenters. The van der Waals surface area contributed by atoms with E-state index >= 15 is 0 Å². The van der Waals surface area contributed by atoms with E-state index in [0.29, 0.717) is 6.54 Å². The van der Waals surface area contributed by atoms with Crippen molar-refractivity contribution < 1.29 is 4.79 Å². The number of hydrogen-bond acceptors (Lipinski definition) is 3. The lowest BCUT2D eigenvalue weighted by Gasteiger charge is -2.17. The fourth-order valence-electron chi connectivity index (χ4n) is 3.77. The van der Waals surface area contributed by atoms with E-state index in [2.05, 4.69) is 40.5 Å². The van der Waals surface area contributed by atoms with E-state index < -0.39 is 0 Å². The van der Waals surface area contributed by atoms with Crippen LogP contribution in [-0.2, 0) is 25.9 Å². The number of carbonyl (C=O) groups is 1. The van der Waals surface area contributed by atoms with Crippen LogP contribution in [0, 0.1) is 0 Å². The summed E-state index contributed by atoms with van der Waals surface area (Å²) in [5, 5.41) is 3.12. The molecule has 0 saturated carbocycles. The van der Waals surface area contributed by atoms with Gasteiger partial charge in [-0.1, -0.05) is 24.3 Å². The summed E-state index contributed by atoms with van der Waals surface area (Å²) in [6.45, 7) is 4.01. The Morgan fingerprint density at radius 2 is 1.88 bits per heavy atom. The van der Waals surface area contributed by atoms with E-state index in [-0.39, 0.29) is 5.91 Å². The average molecular weight is 340 g/mol. The molecule has 24 heavy (non-hydrogen) atoms. The highest BCUT2D eigenvalue weighted by Gasteiger charge is 2.19. The van der Waals surface area contributed by atoms with Crippen molar-refractivity contribution in [1.82, 2.24) is 10.2 Å². The number of nitrogens with zero attached hydrogens (tertiary/aromatic N) is 1. The number of likely N-dealkylation sites (tertiary alicyclic amines) is 1. The molecule has 126 valence electrons. The summed E-state index contributed by atoms with van der Waals surface area (Å²) in [6, 6.07) is 10.6.